The maximum absolute atomic E-state index is 16.9. The third-order valence-electron chi connectivity index (χ3n) is 12.3. The lowest BCUT2D eigenvalue weighted by Gasteiger charge is -2.39. The van der Waals surface area contributed by atoms with Crippen LogP contribution in [0.5, 0.6) is 6.01 Å². The van der Waals surface area contributed by atoms with Crippen LogP contribution >= 0.6 is 0 Å². The molecule has 7 heterocycles. The molecule has 0 radical (unpaired) electrons. The second kappa shape index (κ2) is 14.7. The van der Waals surface area contributed by atoms with Crippen molar-refractivity contribution in [3.05, 3.63) is 77.8 Å². The van der Waals surface area contributed by atoms with Crippen molar-refractivity contribution in [3.8, 4) is 17.3 Å². The van der Waals surface area contributed by atoms with Crippen LogP contribution in [0.3, 0.4) is 0 Å². The van der Waals surface area contributed by atoms with Gasteiger partial charge in [0.15, 0.2) is 5.82 Å². The number of nitrogens with zero attached hydrogens (tertiary/aromatic N) is 8. The quantitative estimate of drug-likeness (QED) is 0.164. The summed E-state index contributed by atoms with van der Waals surface area (Å²) in [5, 5.41) is 1.18. The van der Waals surface area contributed by atoms with E-state index in [9.17, 15) is 9.18 Å². The number of carbonyl (C=O) groups is 1. The number of fused-ring (bicyclic) bond motifs is 5. The van der Waals surface area contributed by atoms with Crippen LogP contribution in [-0.2, 0) is 9.53 Å². The van der Waals surface area contributed by atoms with Gasteiger partial charge in [-0.05, 0) is 43.7 Å². The van der Waals surface area contributed by atoms with E-state index in [0.29, 0.717) is 61.3 Å². The first-order valence-corrected chi connectivity index (χ1v) is 19.3. The van der Waals surface area contributed by atoms with Gasteiger partial charge in [0.2, 0.25) is 12.5 Å². The van der Waals surface area contributed by atoms with E-state index in [1.54, 1.807) is 41.3 Å². The molecule has 14 heteroatoms. The van der Waals surface area contributed by atoms with Crippen LogP contribution in [0.25, 0.3) is 37.8 Å². The maximum atomic E-state index is 16.9. The molecule has 0 aliphatic carbocycles. The van der Waals surface area contributed by atoms with Crippen LogP contribution in [0.15, 0.2) is 54.7 Å². The van der Waals surface area contributed by atoms with Crippen molar-refractivity contribution in [2.75, 3.05) is 70.5 Å². The first-order chi connectivity index (χ1) is 26.8. The predicted octanol–water partition coefficient (Wildman–Crippen LogP) is 5.43. The molecule has 5 aliphatic heterocycles. The number of morpholine rings is 1. The molecular formula is C41H43F3N8O3. The second-order valence-electron chi connectivity index (χ2n) is 15.5. The fourth-order valence-electron chi connectivity index (χ4n) is 9.64. The van der Waals surface area contributed by atoms with Crippen molar-refractivity contribution in [3.63, 3.8) is 0 Å². The summed E-state index contributed by atoms with van der Waals surface area (Å²) in [5.41, 5.74) is -0.304. The Labute approximate surface area is 317 Å². The van der Waals surface area contributed by atoms with E-state index in [1.807, 2.05) is 11.0 Å². The molecule has 0 saturated carbocycles. The summed E-state index contributed by atoms with van der Waals surface area (Å²) in [7, 11) is 0. The molecular weight excluding hydrogens is 709 g/mol. The van der Waals surface area contributed by atoms with E-state index in [1.165, 1.54) is 12.3 Å². The summed E-state index contributed by atoms with van der Waals surface area (Å²) in [6.45, 7) is 12.1. The van der Waals surface area contributed by atoms with Crippen LogP contribution in [-0.4, -0.2) is 131 Å². The maximum Gasteiger partial charge on any atom is 0.319 e. The third kappa shape index (κ3) is 6.55. The van der Waals surface area contributed by atoms with Crippen molar-refractivity contribution in [1.82, 2.24) is 29.7 Å². The third-order valence-corrected chi connectivity index (χ3v) is 12.3. The first kappa shape index (κ1) is 35.8. The van der Waals surface area contributed by atoms with Gasteiger partial charge in [-0.15, -0.1) is 0 Å². The molecule has 5 fully saturated rings. The zero-order chi connectivity index (χ0) is 37.7. The number of amides is 1. The van der Waals surface area contributed by atoms with Gasteiger partial charge in [-0.3, -0.25) is 19.6 Å². The highest BCUT2D eigenvalue weighted by molar-refractivity contribution is 5.99. The summed E-state index contributed by atoms with van der Waals surface area (Å²) >= 11 is 0. The summed E-state index contributed by atoms with van der Waals surface area (Å²) in [5.74, 6) is -1.05. The van der Waals surface area contributed by atoms with Gasteiger partial charge in [-0.1, -0.05) is 36.4 Å². The molecule has 2 bridgehead atoms. The first-order valence-electron chi connectivity index (χ1n) is 19.3. The zero-order valence-electron chi connectivity index (χ0n) is 30.5. The molecule has 0 N–H and O–H groups in total. The molecule has 9 rings (SSSR count). The summed E-state index contributed by atoms with van der Waals surface area (Å²) in [6, 6.07) is 10.1. The Morgan fingerprint density at radius 3 is 2.71 bits per heavy atom. The lowest BCUT2D eigenvalue weighted by atomic mass is 9.95. The number of aromatic nitrogens is 3. The number of benzene rings is 2. The average Bonchev–Trinajstić information content (AvgIpc) is 3.78. The normalized spacial score (nSPS) is 27.0. The van der Waals surface area contributed by atoms with Crippen molar-refractivity contribution >= 4 is 33.4 Å². The second-order valence-corrected chi connectivity index (χ2v) is 15.5. The number of halogens is 3. The van der Waals surface area contributed by atoms with E-state index in [0.717, 1.165) is 45.4 Å². The number of pyridine rings is 1. The fraction of sp³-hybridized carbons (Fsp3) is 0.488. The molecule has 5 atom stereocenters. The van der Waals surface area contributed by atoms with E-state index in [2.05, 4.69) is 24.6 Å². The number of alkyl halides is 1. The smallest absolute Gasteiger partial charge is 0.319 e. The largest absolute Gasteiger partial charge is 0.461 e. The molecule has 4 aromatic rings. The summed E-state index contributed by atoms with van der Waals surface area (Å²) in [6.07, 6.45) is 8.33. The Bertz CT molecular complexity index is 2180. The lowest BCUT2D eigenvalue weighted by molar-refractivity contribution is -0.128. The number of hydrogen-bond donors (Lipinski definition) is 0. The molecule has 0 spiro atoms. The highest BCUT2D eigenvalue weighted by Gasteiger charge is 2.49. The molecule has 5 saturated heterocycles. The monoisotopic (exact) mass is 752 g/mol. The highest BCUT2D eigenvalue weighted by Crippen LogP contribution is 2.41. The number of carbonyl (C=O) groups excluding carboxylic acids is 1. The van der Waals surface area contributed by atoms with Gasteiger partial charge >= 0.3 is 6.01 Å². The summed E-state index contributed by atoms with van der Waals surface area (Å²) in [4.78, 5) is 39.4. The van der Waals surface area contributed by atoms with Crippen molar-refractivity contribution < 1.29 is 27.4 Å². The number of rotatable bonds is 9. The minimum atomic E-state index is -0.952. The number of piperazine rings is 1. The Morgan fingerprint density at radius 1 is 1.07 bits per heavy atom. The van der Waals surface area contributed by atoms with Gasteiger partial charge in [-0.25, -0.2) is 19.7 Å². The molecule has 5 aliphatic rings. The van der Waals surface area contributed by atoms with Gasteiger partial charge in [0.05, 0.1) is 24.1 Å². The van der Waals surface area contributed by atoms with E-state index >= 15 is 8.78 Å². The fourth-order valence-corrected chi connectivity index (χ4v) is 9.64. The summed E-state index contributed by atoms with van der Waals surface area (Å²) < 4.78 is 58.7. The van der Waals surface area contributed by atoms with E-state index in [-0.39, 0.29) is 53.8 Å². The molecule has 286 valence electrons. The van der Waals surface area contributed by atoms with Gasteiger partial charge in [0, 0.05) is 74.5 Å². The Kier molecular flexibility index (Phi) is 9.56. The van der Waals surface area contributed by atoms with Crippen molar-refractivity contribution in [1.29, 1.82) is 0 Å². The van der Waals surface area contributed by atoms with Gasteiger partial charge in [0.25, 0.3) is 0 Å². The molecule has 2 aromatic carbocycles. The molecule has 11 nitrogen and oxygen atoms in total. The van der Waals surface area contributed by atoms with Gasteiger partial charge < -0.3 is 24.1 Å². The van der Waals surface area contributed by atoms with Crippen LogP contribution in [0.4, 0.5) is 19.0 Å². The number of ether oxygens (including phenoxy) is 2. The SMILES string of the molecule is [C-]#[N+]C[C@H]1CN(c2nc(OC[C@@]34CCCN3C[C@H](F)C4)nc3c(F)c(-c4cccc5cccc(F)c45)ncc23)CCN1C(=O)/C=C/CN1[C@@H]2CC[C@H]1COC2. The standard InChI is InChI=1S/C41H43F3N8O3/c1-45-19-30-22-49(16-17-52(30)34(53)10-4-15-51-28-11-12-29(51)24-54-23-28)39-32-20-46-37(31-8-2-6-26-7-3-9-33(43)35(26)31)36(44)38(32)47-40(48-39)55-25-41-13-5-14-50(41)21-27(42)18-41/h2-4,6-10,20,27-30H,5,11-19,21-25H2/b10-4+/t27-,28-,29+,30+,41+/m1/s1. The number of hydrogen-bond acceptors (Lipinski definition) is 9. The Morgan fingerprint density at radius 2 is 1.89 bits per heavy atom. The van der Waals surface area contributed by atoms with Crippen molar-refractivity contribution in [2.24, 2.45) is 0 Å². The topological polar surface area (TPSA) is 91.5 Å². The molecule has 55 heavy (non-hydrogen) atoms. The average molecular weight is 753 g/mol. The van der Waals surface area contributed by atoms with Crippen LogP contribution in [0.1, 0.15) is 32.1 Å². The highest BCUT2D eigenvalue weighted by atomic mass is 19.1. The molecule has 2 aromatic heterocycles. The minimum Gasteiger partial charge on any atom is -0.461 e. The minimum absolute atomic E-state index is 0.0471. The Hall–Kier alpha value is -4.84. The van der Waals surface area contributed by atoms with Gasteiger partial charge in [0.1, 0.15) is 41.7 Å². The number of anilines is 1. The van der Waals surface area contributed by atoms with Crippen LogP contribution in [0, 0.1) is 18.2 Å². The zero-order valence-corrected chi connectivity index (χ0v) is 30.5. The van der Waals surface area contributed by atoms with E-state index < -0.39 is 29.4 Å². The van der Waals surface area contributed by atoms with E-state index in [4.69, 9.17) is 21.0 Å². The lowest BCUT2D eigenvalue weighted by Crippen LogP contribution is -2.56. The van der Waals surface area contributed by atoms with Crippen LogP contribution < -0.4 is 9.64 Å². The van der Waals surface area contributed by atoms with Gasteiger partial charge in [-0.2, -0.15) is 9.97 Å². The predicted molar refractivity (Wildman–Crippen MR) is 201 cm³/mol. The molecule has 0 unspecified atom stereocenters. The molecule has 1 amide bonds. The van der Waals surface area contributed by atoms with Crippen molar-refractivity contribution in [2.45, 2.75) is 61.9 Å². The van der Waals surface area contributed by atoms with Crippen LogP contribution in [0.2, 0.25) is 0 Å². The Balaban J connectivity index is 1.04.